The highest BCUT2D eigenvalue weighted by molar-refractivity contribution is 5.87. The first-order valence-electron chi connectivity index (χ1n) is 7.52. The molecule has 2 rings (SSSR count). The van der Waals surface area contributed by atoms with Gasteiger partial charge < -0.3 is 9.47 Å². The minimum Gasteiger partial charge on any atom is -0.429 e. The van der Waals surface area contributed by atoms with Gasteiger partial charge in [0.25, 0.3) is 0 Å². The maximum atomic E-state index is 13.1. The number of hydrogen-bond acceptors (Lipinski definition) is 4. The number of rotatable bonds is 4. The Balaban J connectivity index is 2.07. The number of carbonyl (C=O) groups is 2. The number of benzene rings is 1. The van der Waals surface area contributed by atoms with Gasteiger partial charge in [-0.25, -0.2) is 4.79 Å². The van der Waals surface area contributed by atoms with Crippen molar-refractivity contribution in [1.82, 2.24) is 0 Å². The Bertz CT molecular complexity index is 654. The average molecular weight is 384 g/mol. The minimum atomic E-state index is -5.70. The van der Waals surface area contributed by atoms with E-state index in [-0.39, 0.29) is 6.61 Å². The number of esters is 1. The molecule has 144 valence electrons. The molecule has 10 heteroatoms. The molecule has 1 fully saturated rings. The predicted octanol–water partition coefficient (Wildman–Crippen LogP) is 4.63. The number of alkyl halides is 6. The molecule has 2 unspecified atom stereocenters. The minimum absolute atomic E-state index is 0.349. The van der Waals surface area contributed by atoms with Crippen LogP contribution in [0.15, 0.2) is 30.3 Å². The Labute approximate surface area is 144 Å². The summed E-state index contributed by atoms with van der Waals surface area (Å²) in [6.45, 7) is 0.746. The number of hydrogen-bond donors (Lipinski definition) is 0. The molecule has 0 spiro atoms. The van der Waals surface area contributed by atoms with Crippen molar-refractivity contribution in [2.24, 2.45) is 17.3 Å². The molecule has 1 aliphatic carbocycles. The van der Waals surface area contributed by atoms with Gasteiger partial charge in [0.2, 0.25) is 0 Å². The summed E-state index contributed by atoms with van der Waals surface area (Å²) in [7, 11) is 0. The second-order valence-corrected chi connectivity index (χ2v) is 5.80. The van der Waals surface area contributed by atoms with Gasteiger partial charge >= 0.3 is 24.5 Å². The smallest absolute Gasteiger partial charge is 0.429 e. The third kappa shape index (κ3) is 3.36. The molecule has 1 aliphatic rings. The molecular formula is C16H14F6O4. The highest BCUT2D eigenvalue weighted by atomic mass is 19.4. The van der Waals surface area contributed by atoms with E-state index < -0.39 is 48.1 Å². The molecular weight excluding hydrogens is 370 g/mol. The molecule has 26 heavy (non-hydrogen) atoms. The monoisotopic (exact) mass is 384 g/mol. The lowest BCUT2D eigenvalue weighted by molar-refractivity contribution is -0.310. The molecule has 0 amide bonds. The molecule has 0 radical (unpaired) electrons. The van der Waals surface area contributed by atoms with Gasteiger partial charge in [-0.05, 0) is 11.5 Å². The Morgan fingerprint density at radius 3 is 2.00 bits per heavy atom. The molecule has 1 aromatic rings. The normalized spacial score (nSPS) is 21.8. The van der Waals surface area contributed by atoms with Gasteiger partial charge in [0.05, 0.1) is 5.92 Å². The van der Waals surface area contributed by atoms with E-state index in [0.717, 1.165) is 6.92 Å². The van der Waals surface area contributed by atoms with E-state index in [2.05, 4.69) is 9.47 Å². The van der Waals surface area contributed by atoms with Crippen molar-refractivity contribution in [3.63, 3.8) is 0 Å². The van der Waals surface area contributed by atoms with E-state index in [1.165, 1.54) is 0 Å². The van der Waals surface area contributed by atoms with E-state index in [4.69, 9.17) is 0 Å². The Kier molecular flexibility index (Phi) is 5.25. The van der Waals surface area contributed by atoms with Crippen molar-refractivity contribution in [2.45, 2.75) is 32.3 Å². The van der Waals surface area contributed by atoms with E-state index in [1.807, 2.05) is 0 Å². The van der Waals surface area contributed by atoms with Crippen molar-refractivity contribution in [3.8, 4) is 0 Å². The lowest BCUT2D eigenvalue weighted by atomic mass is 9.99. The summed E-state index contributed by atoms with van der Waals surface area (Å²) in [5, 5.41) is 0. The highest BCUT2D eigenvalue weighted by Gasteiger charge is 2.91. The Morgan fingerprint density at radius 2 is 1.58 bits per heavy atom. The summed E-state index contributed by atoms with van der Waals surface area (Å²) in [5.41, 5.74) is -3.71. The largest absolute Gasteiger partial charge is 0.516 e. The SMILES string of the molecule is CCC1C(C(=O)OC(=O)OCc2ccccc2)C1(C(F)(F)F)C(F)(F)F. The lowest BCUT2D eigenvalue weighted by Crippen LogP contribution is -2.43. The molecule has 0 aliphatic heterocycles. The molecule has 0 bridgehead atoms. The first kappa shape index (κ1) is 20.1. The van der Waals surface area contributed by atoms with Crippen molar-refractivity contribution >= 4 is 12.1 Å². The van der Waals surface area contributed by atoms with Gasteiger partial charge in [-0.3, -0.25) is 4.79 Å². The van der Waals surface area contributed by atoms with Crippen LogP contribution in [0.2, 0.25) is 0 Å². The molecule has 4 nitrogen and oxygen atoms in total. The van der Waals surface area contributed by atoms with Crippen LogP contribution < -0.4 is 0 Å². The van der Waals surface area contributed by atoms with Crippen molar-refractivity contribution in [1.29, 1.82) is 0 Å². The van der Waals surface area contributed by atoms with Gasteiger partial charge in [0.15, 0.2) is 5.41 Å². The first-order valence-corrected chi connectivity index (χ1v) is 7.52. The van der Waals surface area contributed by atoms with Crippen LogP contribution in [0.1, 0.15) is 18.9 Å². The maximum Gasteiger partial charge on any atom is 0.516 e. The van der Waals surface area contributed by atoms with Crippen molar-refractivity contribution in [3.05, 3.63) is 35.9 Å². The standard InChI is InChI=1S/C16H14F6O4/c1-2-10-11(14(10,15(17,18)19)16(20,21)22)12(23)26-13(24)25-8-9-6-4-3-5-7-9/h3-7,10-11H,2,8H2,1H3. The Hall–Kier alpha value is -2.26. The summed E-state index contributed by atoms with van der Waals surface area (Å²) in [6.07, 6.45) is -13.6. The summed E-state index contributed by atoms with van der Waals surface area (Å²) < 4.78 is 87.2. The highest BCUT2D eigenvalue weighted by Crippen LogP contribution is 2.75. The first-order chi connectivity index (χ1) is 12.0. The third-order valence-corrected chi connectivity index (χ3v) is 4.38. The molecule has 1 aromatic carbocycles. The van der Waals surface area contributed by atoms with Gasteiger partial charge in [-0.2, -0.15) is 26.3 Å². The number of ether oxygens (including phenoxy) is 2. The molecule has 2 atom stereocenters. The quantitative estimate of drug-likeness (QED) is 0.431. The fourth-order valence-electron chi connectivity index (χ4n) is 3.19. The van der Waals surface area contributed by atoms with Gasteiger partial charge in [-0.1, -0.05) is 43.7 Å². The molecule has 0 saturated heterocycles. The summed E-state index contributed by atoms with van der Waals surface area (Å²) in [4.78, 5) is 23.2. The lowest BCUT2D eigenvalue weighted by Gasteiger charge is -2.24. The summed E-state index contributed by atoms with van der Waals surface area (Å²) in [5.74, 6) is -6.47. The van der Waals surface area contributed by atoms with E-state index in [0.29, 0.717) is 5.56 Å². The van der Waals surface area contributed by atoms with Crippen LogP contribution in [-0.2, 0) is 20.9 Å². The van der Waals surface area contributed by atoms with Crippen LogP contribution in [0.4, 0.5) is 31.1 Å². The number of halogens is 6. The topological polar surface area (TPSA) is 52.6 Å². The molecule has 0 aromatic heterocycles. The maximum absolute atomic E-state index is 13.1. The zero-order valence-corrected chi connectivity index (χ0v) is 13.4. The van der Waals surface area contributed by atoms with Crippen molar-refractivity contribution in [2.75, 3.05) is 0 Å². The summed E-state index contributed by atoms with van der Waals surface area (Å²) >= 11 is 0. The zero-order valence-electron chi connectivity index (χ0n) is 13.4. The van der Waals surface area contributed by atoms with Crippen LogP contribution in [0.3, 0.4) is 0 Å². The van der Waals surface area contributed by atoms with E-state index in [9.17, 15) is 35.9 Å². The molecule has 1 saturated carbocycles. The number of carbonyl (C=O) groups excluding carboxylic acids is 2. The van der Waals surface area contributed by atoms with Crippen LogP contribution in [0.25, 0.3) is 0 Å². The van der Waals surface area contributed by atoms with Crippen LogP contribution in [-0.4, -0.2) is 24.5 Å². The van der Waals surface area contributed by atoms with Gasteiger partial charge in [0.1, 0.15) is 6.61 Å². The van der Waals surface area contributed by atoms with Crippen molar-refractivity contribution < 1.29 is 45.4 Å². The van der Waals surface area contributed by atoms with E-state index >= 15 is 0 Å². The molecule has 0 heterocycles. The third-order valence-electron chi connectivity index (χ3n) is 4.38. The predicted molar refractivity (Wildman–Crippen MR) is 74.5 cm³/mol. The van der Waals surface area contributed by atoms with Crippen LogP contribution in [0, 0.1) is 17.3 Å². The van der Waals surface area contributed by atoms with Crippen LogP contribution >= 0.6 is 0 Å². The van der Waals surface area contributed by atoms with E-state index in [1.54, 1.807) is 30.3 Å². The molecule has 0 N–H and O–H groups in total. The zero-order chi connectivity index (χ0) is 19.8. The second-order valence-electron chi connectivity index (χ2n) is 5.80. The summed E-state index contributed by atoms with van der Waals surface area (Å²) in [6, 6.07) is 8.03. The fourth-order valence-corrected chi connectivity index (χ4v) is 3.19. The van der Waals surface area contributed by atoms with Gasteiger partial charge in [0, 0.05) is 0 Å². The average Bonchev–Trinajstić information content (AvgIpc) is 3.24. The van der Waals surface area contributed by atoms with Crippen LogP contribution in [0.5, 0.6) is 0 Å². The Morgan fingerprint density at radius 1 is 1.04 bits per heavy atom. The van der Waals surface area contributed by atoms with Gasteiger partial charge in [-0.15, -0.1) is 0 Å². The second kappa shape index (κ2) is 6.81. The fraction of sp³-hybridized carbons (Fsp3) is 0.500.